The molecule has 1 aliphatic rings. The van der Waals surface area contributed by atoms with Gasteiger partial charge in [0.1, 0.15) is 18.0 Å². The lowest BCUT2D eigenvalue weighted by Crippen LogP contribution is -2.17. The van der Waals surface area contributed by atoms with Crippen molar-refractivity contribution in [3.8, 4) is 5.75 Å². The molecule has 0 aliphatic carbocycles. The molecule has 1 atom stereocenters. The van der Waals surface area contributed by atoms with E-state index in [2.05, 4.69) is 50.3 Å². The van der Waals surface area contributed by atoms with E-state index in [4.69, 9.17) is 9.47 Å². The van der Waals surface area contributed by atoms with Crippen molar-refractivity contribution in [3.05, 3.63) is 42.0 Å². The summed E-state index contributed by atoms with van der Waals surface area (Å²) in [6.07, 6.45) is 23.6. The Labute approximate surface area is 180 Å². The highest BCUT2D eigenvalue weighted by Gasteiger charge is 2.40. The zero-order valence-electron chi connectivity index (χ0n) is 19.1. The minimum absolute atomic E-state index is 0.0539. The van der Waals surface area contributed by atoms with Gasteiger partial charge in [-0.2, -0.15) is 0 Å². The first-order chi connectivity index (χ1) is 14.2. The molecule has 1 heterocycles. The van der Waals surface area contributed by atoms with Crippen LogP contribution in [0.1, 0.15) is 103 Å². The molecule has 0 bridgehead atoms. The monoisotopic (exact) mass is 400 g/mol. The molecule has 0 saturated carbocycles. The number of rotatable bonds is 18. The number of benzene rings is 1. The summed E-state index contributed by atoms with van der Waals surface area (Å²) in [4.78, 5) is 0. The molecule has 2 heteroatoms. The van der Waals surface area contributed by atoms with Crippen LogP contribution < -0.4 is 4.74 Å². The molecule has 29 heavy (non-hydrogen) atoms. The predicted molar refractivity (Wildman–Crippen MR) is 125 cm³/mol. The number of allylic oxidation sites excluding steroid dienone is 2. The Morgan fingerprint density at radius 1 is 0.862 bits per heavy atom. The number of hydrogen-bond acceptors (Lipinski definition) is 2. The van der Waals surface area contributed by atoms with E-state index in [1.807, 2.05) is 0 Å². The number of hydrogen-bond donors (Lipinski definition) is 0. The lowest BCUT2D eigenvalue weighted by molar-refractivity contribution is 0.201. The Kier molecular flexibility index (Phi) is 12.1. The van der Waals surface area contributed by atoms with E-state index in [0.717, 1.165) is 25.2 Å². The molecule has 2 nitrogen and oxygen atoms in total. The Morgan fingerprint density at radius 2 is 1.45 bits per heavy atom. The molecule has 1 aromatic carbocycles. The summed E-state index contributed by atoms with van der Waals surface area (Å²) in [6, 6.07) is 8.42. The summed E-state index contributed by atoms with van der Waals surface area (Å²) in [7, 11) is 0. The average molecular weight is 401 g/mol. The summed E-state index contributed by atoms with van der Waals surface area (Å²) < 4.78 is 11.4. The SMILES string of the molecule is CCCCCCCCCCCCC/C=C/CCc1ccccc1OCC1(C)CO1. The van der Waals surface area contributed by atoms with E-state index in [0.29, 0.717) is 6.61 Å². The van der Waals surface area contributed by atoms with Gasteiger partial charge >= 0.3 is 0 Å². The van der Waals surface area contributed by atoms with E-state index in [1.54, 1.807) is 0 Å². The number of para-hydroxylation sites is 1. The lowest BCUT2D eigenvalue weighted by Gasteiger charge is -2.12. The maximum absolute atomic E-state index is 5.99. The summed E-state index contributed by atoms with van der Waals surface area (Å²) >= 11 is 0. The molecule has 164 valence electrons. The van der Waals surface area contributed by atoms with Gasteiger partial charge < -0.3 is 9.47 Å². The maximum Gasteiger partial charge on any atom is 0.123 e. The molecular formula is C27H44O2. The van der Waals surface area contributed by atoms with Gasteiger partial charge in [0.15, 0.2) is 0 Å². The second-order valence-corrected chi connectivity index (χ2v) is 8.97. The molecule has 0 radical (unpaired) electrons. The van der Waals surface area contributed by atoms with E-state index < -0.39 is 0 Å². The highest BCUT2D eigenvalue weighted by Crippen LogP contribution is 2.28. The fourth-order valence-electron chi connectivity index (χ4n) is 3.69. The van der Waals surface area contributed by atoms with Crippen molar-refractivity contribution in [1.82, 2.24) is 0 Å². The summed E-state index contributed by atoms with van der Waals surface area (Å²) in [6.45, 7) is 5.86. The van der Waals surface area contributed by atoms with Gasteiger partial charge in [-0.15, -0.1) is 0 Å². The second-order valence-electron chi connectivity index (χ2n) is 8.97. The van der Waals surface area contributed by atoms with E-state index in [1.165, 1.54) is 82.6 Å². The first-order valence-corrected chi connectivity index (χ1v) is 12.2. The molecule has 1 aliphatic heterocycles. The van der Waals surface area contributed by atoms with Gasteiger partial charge in [0, 0.05) is 0 Å². The van der Waals surface area contributed by atoms with Gasteiger partial charge in [-0.05, 0) is 44.2 Å². The maximum atomic E-state index is 5.99. The lowest BCUT2D eigenvalue weighted by atomic mass is 10.0. The van der Waals surface area contributed by atoms with E-state index in [-0.39, 0.29) is 5.60 Å². The molecule has 0 aromatic heterocycles. The summed E-state index contributed by atoms with van der Waals surface area (Å²) in [5, 5.41) is 0. The standard InChI is InChI=1S/C27H44O2/c1-3-4-5-6-7-8-9-10-11-12-13-14-15-16-17-20-25-21-18-19-22-26(25)28-23-27(2)24-29-27/h15-16,18-19,21-22H,3-14,17,20,23-24H2,1-2H3/b16-15+. The van der Waals surface area contributed by atoms with Crippen LogP contribution in [-0.2, 0) is 11.2 Å². The summed E-state index contributed by atoms with van der Waals surface area (Å²) in [5.41, 5.74) is 1.25. The Bertz CT molecular complexity index is 559. The van der Waals surface area contributed by atoms with Crippen LogP contribution in [0.4, 0.5) is 0 Å². The Balaban J connectivity index is 1.44. The summed E-state index contributed by atoms with van der Waals surface area (Å²) in [5.74, 6) is 1.02. The average Bonchev–Trinajstić information content (AvgIpc) is 3.47. The molecule has 1 saturated heterocycles. The van der Waals surface area contributed by atoms with Crippen LogP contribution in [0.3, 0.4) is 0 Å². The molecule has 2 rings (SSSR count). The van der Waals surface area contributed by atoms with Crippen molar-refractivity contribution < 1.29 is 9.47 Å². The quantitative estimate of drug-likeness (QED) is 0.141. The zero-order valence-corrected chi connectivity index (χ0v) is 19.1. The highest BCUT2D eigenvalue weighted by atomic mass is 16.6. The van der Waals surface area contributed by atoms with Crippen LogP contribution in [0.2, 0.25) is 0 Å². The van der Waals surface area contributed by atoms with Crippen molar-refractivity contribution in [3.63, 3.8) is 0 Å². The van der Waals surface area contributed by atoms with Crippen LogP contribution in [0.5, 0.6) is 5.75 Å². The van der Waals surface area contributed by atoms with Crippen molar-refractivity contribution in [1.29, 1.82) is 0 Å². The van der Waals surface area contributed by atoms with Gasteiger partial charge in [0.2, 0.25) is 0 Å². The van der Waals surface area contributed by atoms with Crippen LogP contribution in [0, 0.1) is 0 Å². The molecule has 0 amide bonds. The van der Waals surface area contributed by atoms with Crippen molar-refractivity contribution >= 4 is 0 Å². The smallest absolute Gasteiger partial charge is 0.123 e. The fraction of sp³-hybridized carbons (Fsp3) is 0.704. The van der Waals surface area contributed by atoms with Crippen molar-refractivity contribution in [2.75, 3.05) is 13.2 Å². The number of aryl methyl sites for hydroxylation is 1. The number of epoxide rings is 1. The first-order valence-electron chi connectivity index (χ1n) is 12.2. The Hall–Kier alpha value is -1.28. The van der Waals surface area contributed by atoms with Crippen LogP contribution in [0.15, 0.2) is 36.4 Å². The molecule has 0 N–H and O–H groups in total. The van der Waals surface area contributed by atoms with Crippen molar-refractivity contribution in [2.45, 2.75) is 109 Å². The van der Waals surface area contributed by atoms with Gasteiger partial charge in [-0.1, -0.05) is 101 Å². The van der Waals surface area contributed by atoms with Crippen LogP contribution in [-0.4, -0.2) is 18.8 Å². The normalized spacial score (nSPS) is 18.4. The fourth-order valence-corrected chi connectivity index (χ4v) is 3.69. The van der Waals surface area contributed by atoms with E-state index >= 15 is 0 Å². The predicted octanol–water partition coefficient (Wildman–Crippen LogP) is 8.04. The third-order valence-corrected chi connectivity index (χ3v) is 5.86. The van der Waals surface area contributed by atoms with Gasteiger partial charge in [0.05, 0.1) is 6.61 Å². The molecule has 1 aromatic rings. The van der Waals surface area contributed by atoms with Crippen LogP contribution >= 0.6 is 0 Å². The minimum atomic E-state index is -0.0539. The third-order valence-electron chi connectivity index (χ3n) is 5.86. The van der Waals surface area contributed by atoms with Gasteiger partial charge in [0.25, 0.3) is 0 Å². The number of ether oxygens (including phenoxy) is 2. The minimum Gasteiger partial charge on any atom is -0.490 e. The largest absolute Gasteiger partial charge is 0.490 e. The second kappa shape index (κ2) is 14.7. The Morgan fingerprint density at radius 3 is 2.10 bits per heavy atom. The van der Waals surface area contributed by atoms with Gasteiger partial charge in [-0.3, -0.25) is 0 Å². The molecular weight excluding hydrogens is 356 g/mol. The molecule has 1 fully saturated rings. The highest BCUT2D eigenvalue weighted by molar-refractivity contribution is 5.33. The zero-order chi connectivity index (χ0) is 20.6. The third kappa shape index (κ3) is 11.5. The topological polar surface area (TPSA) is 21.8 Å². The first kappa shape index (κ1) is 24.0. The molecule has 0 spiro atoms. The van der Waals surface area contributed by atoms with Crippen molar-refractivity contribution in [2.24, 2.45) is 0 Å². The molecule has 1 unspecified atom stereocenters. The van der Waals surface area contributed by atoms with Crippen LogP contribution in [0.25, 0.3) is 0 Å². The number of unbranched alkanes of at least 4 members (excludes halogenated alkanes) is 11. The van der Waals surface area contributed by atoms with Gasteiger partial charge in [-0.25, -0.2) is 0 Å². The van der Waals surface area contributed by atoms with E-state index in [9.17, 15) is 0 Å².